The average Bonchev–Trinajstić information content (AvgIpc) is 3.27. The van der Waals surface area contributed by atoms with Crippen LogP contribution in [0.1, 0.15) is 11.3 Å². The molecule has 27 heavy (non-hydrogen) atoms. The number of benzene rings is 2. The number of para-hydroxylation sites is 1. The van der Waals surface area contributed by atoms with Crippen LogP contribution in [-0.2, 0) is 4.79 Å². The molecule has 3 aromatic rings. The summed E-state index contributed by atoms with van der Waals surface area (Å²) in [6, 6.07) is 21.5. The van der Waals surface area contributed by atoms with Crippen LogP contribution in [0.4, 0.5) is 10.5 Å². The lowest BCUT2D eigenvalue weighted by Crippen LogP contribution is -2.27. The first kappa shape index (κ1) is 16.9. The molecule has 6 heteroatoms. The summed E-state index contributed by atoms with van der Waals surface area (Å²) in [6.07, 6.45) is 1.55. The van der Waals surface area contributed by atoms with Crippen LogP contribution in [0.3, 0.4) is 0 Å². The van der Waals surface area contributed by atoms with Gasteiger partial charge in [-0.25, -0.2) is 4.90 Å². The number of nitriles is 1. The molecule has 0 radical (unpaired) electrons. The van der Waals surface area contributed by atoms with Crippen LogP contribution >= 0.6 is 11.8 Å². The van der Waals surface area contributed by atoms with Crippen LogP contribution in [0.25, 0.3) is 17.4 Å². The molecule has 5 nitrogen and oxygen atoms in total. The number of hydrogen-bond donors (Lipinski definition) is 0. The van der Waals surface area contributed by atoms with Gasteiger partial charge in [-0.2, -0.15) is 5.26 Å². The number of thioether (sulfide) groups is 1. The zero-order valence-electron chi connectivity index (χ0n) is 14.0. The van der Waals surface area contributed by atoms with E-state index in [1.165, 1.54) is 0 Å². The third-order valence-electron chi connectivity index (χ3n) is 4.02. The lowest BCUT2D eigenvalue weighted by atomic mass is 10.1. The first-order valence-electron chi connectivity index (χ1n) is 8.10. The van der Waals surface area contributed by atoms with Gasteiger partial charge in [-0.3, -0.25) is 9.59 Å². The Morgan fingerprint density at radius 1 is 0.963 bits per heavy atom. The fraction of sp³-hybridized carbons (Fsp3) is 0. The lowest BCUT2D eigenvalue weighted by molar-refractivity contribution is -0.113. The molecule has 0 spiro atoms. The van der Waals surface area contributed by atoms with Crippen molar-refractivity contribution < 1.29 is 14.0 Å². The van der Waals surface area contributed by atoms with Crippen LogP contribution in [-0.4, -0.2) is 11.1 Å². The van der Waals surface area contributed by atoms with Crippen LogP contribution in [0.5, 0.6) is 0 Å². The Hall–Kier alpha value is -3.56. The van der Waals surface area contributed by atoms with Crippen molar-refractivity contribution in [3.8, 4) is 17.4 Å². The van der Waals surface area contributed by atoms with Gasteiger partial charge >= 0.3 is 0 Å². The van der Waals surface area contributed by atoms with E-state index in [-0.39, 0.29) is 11.1 Å². The number of carbonyl (C=O) groups excluding carboxylic acids is 2. The smallest absolute Gasteiger partial charge is 0.298 e. The molecule has 1 aliphatic heterocycles. The van der Waals surface area contributed by atoms with Gasteiger partial charge in [-0.1, -0.05) is 30.3 Å². The van der Waals surface area contributed by atoms with E-state index >= 15 is 0 Å². The number of nitrogens with zero attached hydrogens (tertiary/aromatic N) is 2. The van der Waals surface area contributed by atoms with E-state index in [0.717, 1.165) is 16.7 Å². The number of amides is 2. The highest BCUT2D eigenvalue weighted by Gasteiger charge is 2.36. The van der Waals surface area contributed by atoms with E-state index in [1.54, 1.807) is 60.7 Å². The minimum atomic E-state index is -0.383. The highest BCUT2D eigenvalue weighted by atomic mass is 32.2. The third-order valence-corrected chi connectivity index (χ3v) is 4.89. The molecule has 0 saturated carbocycles. The number of anilines is 1. The Morgan fingerprint density at radius 2 is 1.70 bits per heavy atom. The second kappa shape index (κ2) is 6.98. The van der Waals surface area contributed by atoms with Gasteiger partial charge in [0.2, 0.25) is 0 Å². The maximum Gasteiger partial charge on any atom is 0.298 e. The molecular formula is C21H12N2O3S. The van der Waals surface area contributed by atoms with E-state index in [1.807, 2.05) is 12.1 Å². The SMILES string of the molecule is N#Cc1ccccc1-c1ccc(/C=C2\SC(=O)N(c3ccccc3)C2=O)o1. The summed E-state index contributed by atoms with van der Waals surface area (Å²) < 4.78 is 5.78. The van der Waals surface area contributed by atoms with Crippen molar-refractivity contribution in [2.24, 2.45) is 0 Å². The molecule has 1 aromatic heterocycles. The van der Waals surface area contributed by atoms with Crippen molar-refractivity contribution in [1.82, 2.24) is 0 Å². The minimum absolute atomic E-state index is 0.290. The van der Waals surface area contributed by atoms with Crippen molar-refractivity contribution in [1.29, 1.82) is 5.26 Å². The van der Waals surface area contributed by atoms with Crippen molar-refractivity contribution in [2.75, 3.05) is 4.90 Å². The van der Waals surface area contributed by atoms with Crippen molar-refractivity contribution in [3.05, 3.63) is 83.0 Å². The average molecular weight is 372 g/mol. The number of rotatable bonds is 3. The Bertz CT molecular complexity index is 1110. The molecule has 0 bridgehead atoms. The van der Waals surface area contributed by atoms with Crippen molar-refractivity contribution in [3.63, 3.8) is 0 Å². The Morgan fingerprint density at radius 3 is 2.48 bits per heavy atom. The summed E-state index contributed by atoms with van der Waals surface area (Å²) in [5, 5.41) is 8.87. The molecule has 2 heterocycles. The molecule has 0 atom stereocenters. The molecule has 130 valence electrons. The second-order valence-electron chi connectivity index (χ2n) is 5.71. The van der Waals surface area contributed by atoms with E-state index in [9.17, 15) is 14.9 Å². The summed E-state index contributed by atoms with van der Waals surface area (Å²) in [5.41, 5.74) is 1.71. The molecule has 2 aromatic carbocycles. The van der Waals surface area contributed by atoms with Gasteiger partial charge in [-0.05, 0) is 48.2 Å². The topological polar surface area (TPSA) is 74.3 Å². The summed E-state index contributed by atoms with van der Waals surface area (Å²) in [6.45, 7) is 0. The zero-order valence-corrected chi connectivity index (χ0v) is 14.8. The zero-order chi connectivity index (χ0) is 18.8. The monoisotopic (exact) mass is 372 g/mol. The predicted octanol–water partition coefficient (Wildman–Crippen LogP) is 5.06. The maximum atomic E-state index is 12.6. The predicted molar refractivity (Wildman–Crippen MR) is 104 cm³/mol. The molecule has 0 aliphatic carbocycles. The molecule has 1 fully saturated rings. The second-order valence-corrected chi connectivity index (χ2v) is 6.71. The van der Waals surface area contributed by atoms with Gasteiger partial charge < -0.3 is 4.42 Å². The molecule has 4 rings (SSSR count). The van der Waals surface area contributed by atoms with E-state index < -0.39 is 0 Å². The Kier molecular flexibility index (Phi) is 4.37. The summed E-state index contributed by atoms with van der Waals surface area (Å²) in [5.74, 6) is 0.587. The Balaban J connectivity index is 1.64. The van der Waals surface area contributed by atoms with E-state index in [2.05, 4.69) is 6.07 Å². The number of imide groups is 1. The molecule has 1 aliphatic rings. The lowest BCUT2D eigenvalue weighted by Gasteiger charge is -2.11. The molecule has 2 amide bonds. The first-order chi connectivity index (χ1) is 13.2. The first-order valence-corrected chi connectivity index (χ1v) is 8.91. The van der Waals surface area contributed by atoms with E-state index in [4.69, 9.17) is 4.42 Å². The van der Waals surface area contributed by atoms with Gasteiger partial charge in [0.1, 0.15) is 11.5 Å². The maximum absolute atomic E-state index is 12.6. The number of carbonyl (C=O) groups is 2. The largest absolute Gasteiger partial charge is 0.457 e. The quantitative estimate of drug-likeness (QED) is 0.601. The summed E-state index contributed by atoms with van der Waals surface area (Å²) >= 11 is 0.870. The number of hydrogen-bond acceptors (Lipinski definition) is 5. The van der Waals surface area contributed by atoms with E-state index in [0.29, 0.717) is 33.2 Å². The molecule has 1 saturated heterocycles. The standard InChI is InChI=1S/C21H12N2O3S/c22-13-14-6-4-5-9-17(14)18-11-10-16(26-18)12-19-20(24)23(21(25)27-19)15-7-2-1-3-8-15/h1-12H/b19-12-. The normalized spacial score (nSPS) is 15.4. The minimum Gasteiger partial charge on any atom is -0.457 e. The fourth-order valence-electron chi connectivity index (χ4n) is 2.77. The van der Waals surface area contributed by atoms with Crippen molar-refractivity contribution >= 4 is 34.7 Å². The molecule has 0 N–H and O–H groups in total. The van der Waals surface area contributed by atoms with Gasteiger partial charge in [0.05, 0.1) is 22.2 Å². The van der Waals surface area contributed by atoms with Gasteiger partial charge in [0.25, 0.3) is 11.1 Å². The number of furan rings is 1. The third kappa shape index (κ3) is 3.16. The summed E-state index contributed by atoms with van der Waals surface area (Å²) in [7, 11) is 0. The summed E-state index contributed by atoms with van der Waals surface area (Å²) in [4.78, 5) is 26.3. The highest BCUT2D eigenvalue weighted by Crippen LogP contribution is 2.36. The van der Waals surface area contributed by atoms with Gasteiger partial charge in [0.15, 0.2) is 0 Å². The van der Waals surface area contributed by atoms with Crippen LogP contribution in [0, 0.1) is 11.3 Å². The Labute approximate surface area is 159 Å². The van der Waals surface area contributed by atoms with Gasteiger partial charge in [0, 0.05) is 11.6 Å². The van der Waals surface area contributed by atoms with Gasteiger partial charge in [-0.15, -0.1) is 0 Å². The highest BCUT2D eigenvalue weighted by molar-refractivity contribution is 8.19. The van der Waals surface area contributed by atoms with Crippen LogP contribution < -0.4 is 4.90 Å². The van der Waals surface area contributed by atoms with Crippen LogP contribution in [0.2, 0.25) is 0 Å². The fourth-order valence-corrected chi connectivity index (χ4v) is 3.59. The molecule has 0 unspecified atom stereocenters. The molecular weight excluding hydrogens is 360 g/mol. The van der Waals surface area contributed by atoms with Crippen molar-refractivity contribution in [2.45, 2.75) is 0 Å². The van der Waals surface area contributed by atoms with Crippen LogP contribution in [0.15, 0.2) is 76.1 Å².